The van der Waals surface area contributed by atoms with Crippen LogP contribution < -0.4 is 4.74 Å². The van der Waals surface area contributed by atoms with E-state index in [1.807, 2.05) is 37.3 Å². The summed E-state index contributed by atoms with van der Waals surface area (Å²) < 4.78 is 5.61. The predicted octanol–water partition coefficient (Wildman–Crippen LogP) is 3.86. The predicted molar refractivity (Wildman–Crippen MR) is 66.6 cm³/mol. The maximum absolute atomic E-state index is 5.61. The summed E-state index contributed by atoms with van der Waals surface area (Å²) in [6.45, 7) is 4.76. The lowest BCUT2D eigenvalue weighted by atomic mass is 10.0. The standard InChI is InChI=1S/C15H15O/c1-3-16-15-10-5-4-9-14(15)13-8-6-7-12(2)11-13/h4-7,9-11H,3H2,1-2H3. The SMILES string of the molecule is CCOc1ccccc1-c1[c]ccc(C)c1. The van der Waals surface area contributed by atoms with Crippen LogP contribution in [0.1, 0.15) is 12.5 Å². The lowest BCUT2D eigenvalue weighted by molar-refractivity contribution is 0.341. The molecule has 0 aromatic heterocycles. The Balaban J connectivity index is 2.46. The summed E-state index contributed by atoms with van der Waals surface area (Å²) in [6.07, 6.45) is 0. The van der Waals surface area contributed by atoms with Crippen molar-refractivity contribution in [3.05, 3.63) is 54.1 Å². The average Bonchev–Trinajstić information content (AvgIpc) is 2.30. The van der Waals surface area contributed by atoms with Crippen LogP contribution in [-0.2, 0) is 0 Å². The monoisotopic (exact) mass is 211 g/mol. The van der Waals surface area contributed by atoms with E-state index >= 15 is 0 Å². The molecule has 0 heterocycles. The van der Waals surface area contributed by atoms with Crippen LogP contribution in [-0.4, -0.2) is 6.61 Å². The molecule has 0 N–H and O–H groups in total. The van der Waals surface area contributed by atoms with E-state index in [1.54, 1.807) is 0 Å². The van der Waals surface area contributed by atoms with Crippen LogP contribution in [0.15, 0.2) is 42.5 Å². The summed E-state index contributed by atoms with van der Waals surface area (Å²) in [5.74, 6) is 0.923. The highest BCUT2D eigenvalue weighted by Gasteiger charge is 2.04. The van der Waals surface area contributed by atoms with Crippen LogP contribution in [0, 0.1) is 13.0 Å². The molecule has 2 aromatic carbocycles. The van der Waals surface area contributed by atoms with Crippen molar-refractivity contribution in [1.82, 2.24) is 0 Å². The molecule has 0 aliphatic rings. The first-order chi connectivity index (χ1) is 7.81. The molecule has 0 fully saturated rings. The van der Waals surface area contributed by atoms with E-state index in [-0.39, 0.29) is 0 Å². The molecule has 2 rings (SSSR count). The second-order valence-electron chi connectivity index (χ2n) is 3.71. The Kier molecular flexibility index (Phi) is 3.25. The molecule has 0 saturated heterocycles. The zero-order valence-corrected chi connectivity index (χ0v) is 9.66. The maximum atomic E-state index is 5.61. The first kappa shape index (κ1) is 10.7. The van der Waals surface area contributed by atoms with Gasteiger partial charge in [0.2, 0.25) is 0 Å². The first-order valence-corrected chi connectivity index (χ1v) is 5.52. The first-order valence-electron chi connectivity index (χ1n) is 5.52. The van der Waals surface area contributed by atoms with Gasteiger partial charge in [-0.1, -0.05) is 42.0 Å². The largest absolute Gasteiger partial charge is 0.493 e. The lowest BCUT2D eigenvalue weighted by Crippen LogP contribution is -1.93. The third-order valence-electron chi connectivity index (χ3n) is 2.43. The van der Waals surface area contributed by atoms with Crippen LogP contribution in [0.2, 0.25) is 0 Å². The topological polar surface area (TPSA) is 9.23 Å². The molecule has 0 amide bonds. The van der Waals surface area contributed by atoms with Crippen LogP contribution in [0.5, 0.6) is 5.75 Å². The van der Waals surface area contributed by atoms with Crippen LogP contribution in [0.25, 0.3) is 11.1 Å². The van der Waals surface area contributed by atoms with Gasteiger partial charge in [0, 0.05) is 5.56 Å². The van der Waals surface area contributed by atoms with Gasteiger partial charge in [0.1, 0.15) is 5.75 Å². The number of para-hydroxylation sites is 1. The fourth-order valence-corrected chi connectivity index (χ4v) is 1.71. The number of rotatable bonds is 3. The summed E-state index contributed by atoms with van der Waals surface area (Å²) in [4.78, 5) is 0. The molecule has 0 atom stereocenters. The average molecular weight is 211 g/mol. The molecule has 0 spiro atoms. The van der Waals surface area contributed by atoms with Gasteiger partial charge in [0.05, 0.1) is 6.61 Å². The highest BCUT2D eigenvalue weighted by atomic mass is 16.5. The summed E-state index contributed by atoms with van der Waals surface area (Å²) in [5, 5.41) is 0. The summed E-state index contributed by atoms with van der Waals surface area (Å²) in [5.41, 5.74) is 3.43. The number of ether oxygens (including phenoxy) is 1. The molecule has 0 aliphatic heterocycles. The molecule has 0 unspecified atom stereocenters. The van der Waals surface area contributed by atoms with Crippen molar-refractivity contribution in [2.75, 3.05) is 6.61 Å². The second-order valence-corrected chi connectivity index (χ2v) is 3.71. The van der Waals surface area contributed by atoms with Crippen molar-refractivity contribution in [1.29, 1.82) is 0 Å². The van der Waals surface area contributed by atoms with Gasteiger partial charge in [-0.2, -0.15) is 0 Å². The molecule has 0 saturated carbocycles. The fourth-order valence-electron chi connectivity index (χ4n) is 1.71. The summed E-state index contributed by atoms with van der Waals surface area (Å²) in [6, 6.07) is 17.4. The van der Waals surface area contributed by atoms with Gasteiger partial charge in [-0.25, -0.2) is 0 Å². The Hall–Kier alpha value is -1.76. The van der Waals surface area contributed by atoms with Crippen molar-refractivity contribution in [2.45, 2.75) is 13.8 Å². The molecule has 0 bridgehead atoms. The fraction of sp³-hybridized carbons (Fsp3) is 0.200. The smallest absolute Gasteiger partial charge is 0.127 e. The van der Waals surface area contributed by atoms with Gasteiger partial charge in [-0.15, -0.1) is 0 Å². The highest BCUT2D eigenvalue weighted by molar-refractivity contribution is 5.70. The Bertz CT molecular complexity index is 474. The van der Waals surface area contributed by atoms with Crippen molar-refractivity contribution in [2.24, 2.45) is 0 Å². The Morgan fingerprint density at radius 3 is 2.75 bits per heavy atom. The molecule has 16 heavy (non-hydrogen) atoms. The van der Waals surface area contributed by atoms with E-state index in [2.05, 4.69) is 25.1 Å². The zero-order chi connectivity index (χ0) is 11.4. The zero-order valence-electron chi connectivity index (χ0n) is 9.66. The summed E-state index contributed by atoms with van der Waals surface area (Å²) >= 11 is 0. The third kappa shape index (κ3) is 2.25. The van der Waals surface area contributed by atoms with Gasteiger partial charge in [-0.3, -0.25) is 0 Å². The van der Waals surface area contributed by atoms with Crippen molar-refractivity contribution in [3.63, 3.8) is 0 Å². The number of hydrogen-bond acceptors (Lipinski definition) is 1. The molecule has 0 aliphatic carbocycles. The lowest BCUT2D eigenvalue weighted by Gasteiger charge is -2.10. The number of benzene rings is 2. The minimum Gasteiger partial charge on any atom is -0.493 e. The third-order valence-corrected chi connectivity index (χ3v) is 2.43. The van der Waals surface area contributed by atoms with Crippen molar-refractivity contribution in [3.8, 4) is 16.9 Å². The quantitative estimate of drug-likeness (QED) is 0.749. The highest BCUT2D eigenvalue weighted by Crippen LogP contribution is 2.29. The van der Waals surface area contributed by atoms with Gasteiger partial charge in [0.15, 0.2) is 0 Å². The molecule has 81 valence electrons. The van der Waals surface area contributed by atoms with Gasteiger partial charge >= 0.3 is 0 Å². The second kappa shape index (κ2) is 4.84. The molecular formula is C15H15O. The van der Waals surface area contributed by atoms with E-state index in [0.717, 1.165) is 16.9 Å². The van der Waals surface area contributed by atoms with E-state index in [4.69, 9.17) is 4.74 Å². The van der Waals surface area contributed by atoms with Crippen LogP contribution in [0.4, 0.5) is 0 Å². The Morgan fingerprint density at radius 1 is 1.19 bits per heavy atom. The van der Waals surface area contributed by atoms with Crippen LogP contribution >= 0.6 is 0 Å². The maximum Gasteiger partial charge on any atom is 0.127 e. The molecule has 1 nitrogen and oxygen atoms in total. The Labute approximate surface area is 96.7 Å². The van der Waals surface area contributed by atoms with Crippen LogP contribution in [0.3, 0.4) is 0 Å². The summed E-state index contributed by atoms with van der Waals surface area (Å²) in [7, 11) is 0. The normalized spacial score (nSPS) is 10.1. The van der Waals surface area contributed by atoms with E-state index < -0.39 is 0 Å². The molecule has 2 aromatic rings. The molecule has 1 radical (unpaired) electrons. The van der Waals surface area contributed by atoms with E-state index in [9.17, 15) is 0 Å². The van der Waals surface area contributed by atoms with E-state index in [1.165, 1.54) is 5.56 Å². The molecular weight excluding hydrogens is 196 g/mol. The van der Waals surface area contributed by atoms with Crippen molar-refractivity contribution < 1.29 is 4.74 Å². The number of hydrogen-bond donors (Lipinski definition) is 0. The minimum atomic E-state index is 0.683. The van der Waals surface area contributed by atoms with Gasteiger partial charge in [0.25, 0.3) is 0 Å². The Morgan fingerprint density at radius 2 is 2.00 bits per heavy atom. The van der Waals surface area contributed by atoms with Gasteiger partial charge < -0.3 is 4.74 Å². The van der Waals surface area contributed by atoms with Crippen molar-refractivity contribution >= 4 is 0 Å². The number of aryl methyl sites for hydroxylation is 1. The van der Waals surface area contributed by atoms with Gasteiger partial charge in [-0.05, 0) is 31.5 Å². The van der Waals surface area contributed by atoms with E-state index in [0.29, 0.717) is 6.61 Å². The minimum absolute atomic E-state index is 0.683. The molecule has 1 heteroatoms.